The van der Waals surface area contributed by atoms with Gasteiger partial charge in [-0.2, -0.15) is 5.26 Å². The normalized spacial score (nSPS) is 13.8. The largest absolute Gasteiger partial charge is 0.312 e. The van der Waals surface area contributed by atoms with E-state index in [0.717, 1.165) is 36.5 Å². The Bertz CT molecular complexity index is 862. The van der Waals surface area contributed by atoms with Gasteiger partial charge in [0.1, 0.15) is 11.1 Å². The second-order valence-electron chi connectivity index (χ2n) is 6.03. The number of hydrogen-bond acceptors (Lipinski definition) is 5. The first-order chi connectivity index (χ1) is 12.0. The molecular formula is C19H19N3O2S. The summed E-state index contributed by atoms with van der Waals surface area (Å²) >= 11 is 1.49. The molecule has 1 aliphatic rings. The zero-order chi connectivity index (χ0) is 18.0. The standard InChI is InChI=1S/C19H19N3O2S/c1-3-22-9-8-15-16(10-20)19(25-17(15)11-22)21-18(24)14-6-4-13(5-7-14)12(2)23/h4-7H,3,8-9,11H2,1-2H3,(H,21,24). The Balaban J connectivity index is 1.83. The molecule has 1 amide bonds. The molecule has 1 aromatic carbocycles. The number of carbonyl (C=O) groups excluding carboxylic acids is 2. The molecule has 0 aliphatic carbocycles. The fourth-order valence-electron chi connectivity index (χ4n) is 2.96. The van der Waals surface area contributed by atoms with Crippen molar-refractivity contribution in [1.82, 2.24) is 4.90 Å². The molecule has 0 saturated heterocycles. The molecule has 1 aliphatic heterocycles. The molecule has 0 unspecified atom stereocenters. The minimum Gasteiger partial charge on any atom is -0.312 e. The van der Waals surface area contributed by atoms with Gasteiger partial charge in [-0.15, -0.1) is 11.3 Å². The maximum absolute atomic E-state index is 12.5. The lowest BCUT2D eigenvalue weighted by Crippen LogP contribution is -2.29. The van der Waals surface area contributed by atoms with Crippen LogP contribution in [0.1, 0.15) is 50.6 Å². The second kappa shape index (κ2) is 7.18. The van der Waals surface area contributed by atoms with E-state index in [4.69, 9.17) is 0 Å². The number of Topliss-reactive ketones (excluding diaryl/α,β-unsaturated/α-hetero) is 1. The first kappa shape index (κ1) is 17.3. The van der Waals surface area contributed by atoms with Crippen molar-refractivity contribution in [3.05, 3.63) is 51.4 Å². The van der Waals surface area contributed by atoms with E-state index in [1.807, 2.05) is 0 Å². The lowest BCUT2D eigenvalue weighted by Gasteiger charge is -2.24. The molecule has 3 rings (SSSR count). The number of hydrogen-bond donors (Lipinski definition) is 1. The van der Waals surface area contributed by atoms with E-state index in [0.29, 0.717) is 21.7 Å². The molecule has 0 bridgehead atoms. The van der Waals surface area contributed by atoms with Gasteiger partial charge in [0.2, 0.25) is 0 Å². The van der Waals surface area contributed by atoms with Gasteiger partial charge in [-0.05, 0) is 37.6 Å². The number of thiophene rings is 1. The number of nitrogens with one attached hydrogen (secondary N) is 1. The van der Waals surface area contributed by atoms with Gasteiger partial charge >= 0.3 is 0 Å². The summed E-state index contributed by atoms with van der Waals surface area (Å²) in [5, 5.41) is 13.0. The van der Waals surface area contributed by atoms with Gasteiger partial charge in [-0.1, -0.05) is 19.1 Å². The van der Waals surface area contributed by atoms with Gasteiger partial charge in [0.15, 0.2) is 5.78 Å². The van der Waals surface area contributed by atoms with Crippen molar-refractivity contribution in [2.45, 2.75) is 26.8 Å². The number of ketones is 1. The first-order valence-electron chi connectivity index (χ1n) is 8.22. The predicted molar refractivity (Wildman–Crippen MR) is 98.1 cm³/mol. The first-order valence-corrected chi connectivity index (χ1v) is 9.04. The lowest BCUT2D eigenvalue weighted by molar-refractivity contribution is 0.101. The van der Waals surface area contributed by atoms with Crippen molar-refractivity contribution in [2.75, 3.05) is 18.4 Å². The Morgan fingerprint density at radius 3 is 2.56 bits per heavy atom. The van der Waals surface area contributed by atoms with Crippen molar-refractivity contribution in [3.8, 4) is 6.07 Å². The van der Waals surface area contributed by atoms with E-state index in [9.17, 15) is 14.9 Å². The average Bonchev–Trinajstić information content (AvgIpc) is 2.97. The Morgan fingerprint density at radius 1 is 1.28 bits per heavy atom. The summed E-state index contributed by atoms with van der Waals surface area (Å²) in [6.45, 7) is 6.35. The van der Waals surface area contributed by atoms with Crippen LogP contribution in [0.4, 0.5) is 5.00 Å². The molecular weight excluding hydrogens is 334 g/mol. The summed E-state index contributed by atoms with van der Waals surface area (Å²) in [7, 11) is 0. The van der Waals surface area contributed by atoms with Crippen LogP contribution in [0.15, 0.2) is 24.3 Å². The van der Waals surface area contributed by atoms with E-state index in [1.165, 1.54) is 18.3 Å². The maximum Gasteiger partial charge on any atom is 0.256 e. The molecule has 1 aromatic heterocycles. The van der Waals surface area contributed by atoms with Crippen molar-refractivity contribution in [2.24, 2.45) is 0 Å². The van der Waals surface area contributed by atoms with E-state index in [1.54, 1.807) is 24.3 Å². The van der Waals surface area contributed by atoms with Crippen molar-refractivity contribution < 1.29 is 9.59 Å². The third-order valence-corrected chi connectivity index (χ3v) is 5.61. The van der Waals surface area contributed by atoms with Crippen LogP contribution < -0.4 is 5.32 Å². The fourth-order valence-corrected chi connectivity index (χ4v) is 4.20. The van der Waals surface area contributed by atoms with Gasteiger partial charge in [0, 0.05) is 29.1 Å². The minimum atomic E-state index is -0.266. The van der Waals surface area contributed by atoms with Crippen LogP contribution in [0.2, 0.25) is 0 Å². The molecule has 0 radical (unpaired) electrons. The van der Waals surface area contributed by atoms with Crippen LogP contribution in [0.25, 0.3) is 0 Å². The third kappa shape index (κ3) is 3.48. The Morgan fingerprint density at radius 2 is 1.96 bits per heavy atom. The molecule has 0 atom stereocenters. The SMILES string of the molecule is CCN1CCc2c(sc(NC(=O)c3ccc(C(C)=O)cc3)c2C#N)C1. The third-order valence-electron chi connectivity index (χ3n) is 4.48. The lowest BCUT2D eigenvalue weighted by atomic mass is 10.0. The topological polar surface area (TPSA) is 73.2 Å². The summed E-state index contributed by atoms with van der Waals surface area (Å²) in [5.41, 5.74) is 2.69. The van der Waals surface area contributed by atoms with Crippen LogP contribution in [0.3, 0.4) is 0 Å². The number of rotatable bonds is 4. The molecule has 128 valence electrons. The summed E-state index contributed by atoms with van der Waals surface area (Å²) in [5.74, 6) is -0.303. The summed E-state index contributed by atoms with van der Waals surface area (Å²) < 4.78 is 0. The maximum atomic E-state index is 12.5. The fraction of sp³-hybridized carbons (Fsp3) is 0.316. The number of amides is 1. The highest BCUT2D eigenvalue weighted by Gasteiger charge is 2.24. The van der Waals surface area contributed by atoms with Crippen LogP contribution in [-0.4, -0.2) is 29.7 Å². The zero-order valence-corrected chi connectivity index (χ0v) is 15.1. The molecule has 2 heterocycles. The quantitative estimate of drug-likeness (QED) is 0.855. The number of anilines is 1. The van der Waals surface area contributed by atoms with Gasteiger partial charge < -0.3 is 5.32 Å². The summed E-state index contributed by atoms with van der Waals surface area (Å²) in [6.07, 6.45) is 0.839. The van der Waals surface area contributed by atoms with E-state index >= 15 is 0 Å². The van der Waals surface area contributed by atoms with E-state index in [2.05, 4.69) is 23.2 Å². The average molecular weight is 353 g/mol. The number of fused-ring (bicyclic) bond motifs is 1. The van der Waals surface area contributed by atoms with Crippen LogP contribution >= 0.6 is 11.3 Å². The number of likely N-dealkylation sites (N-methyl/N-ethyl adjacent to an activating group) is 1. The van der Waals surface area contributed by atoms with Gasteiger partial charge in [0.05, 0.1) is 5.56 Å². The predicted octanol–water partition coefficient (Wildman–Crippen LogP) is 3.45. The molecule has 0 fully saturated rings. The molecule has 2 aromatic rings. The van der Waals surface area contributed by atoms with Crippen LogP contribution in [-0.2, 0) is 13.0 Å². The summed E-state index contributed by atoms with van der Waals surface area (Å²) in [6, 6.07) is 8.79. The number of nitrogens with zero attached hydrogens (tertiary/aromatic N) is 2. The number of carbonyl (C=O) groups is 2. The minimum absolute atomic E-state index is 0.0369. The zero-order valence-electron chi connectivity index (χ0n) is 14.3. The highest BCUT2D eigenvalue weighted by molar-refractivity contribution is 7.16. The number of nitriles is 1. The van der Waals surface area contributed by atoms with Crippen molar-refractivity contribution in [1.29, 1.82) is 5.26 Å². The molecule has 0 saturated carbocycles. The molecule has 25 heavy (non-hydrogen) atoms. The molecule has 1 N–H and O–H groups in total. The van der Waals surface area contributed by atoms with Crippen molar-refractivity contribution >= 4 is 28.0 Å². The highest BCUT2D eigenvalue weighted by atomic mass is 32.1. The Labute approximate surface area is 150 Å². The second-order valence-corrected chi connectivity index (χ2v) is 7.13. The van der Waals surface area contributed by atoms with Gasteiger partial charge in [-0.3, -0.25) is 14.5 Å². The van der Waals surface area contributed by atoms with E-state index in [-0.39, 0.29) is 11.7 Å². The van der Waals surface area contributed by atoms with Crippen molar-refractivity contribution in [3.63, 3.8) is 0 Å². The van der Waals surface area contributed by atoms with Gasteiger partial charge in [-0.25, -0.2) is 0 Å². The van der Waals surface area contributed by atoms with E-state index < -0.39 is 0 Å². The number of benzene rings is 1. The Hall–Kier alpha value is -2.49. The van der Waals surface area contributed by atoms with Crippen LogP contribution in [0, 0.1) is 11.3 Å². The molecule has 5 nitrogen and oxygen atoms in total. The smallest absolute Gasteiger partial charge is 0.256 e. The Kier molecular flexibility index (Phi) is 4.98. The molecule has 6 heteroatoms. The molecule has 0 spiro atoms. The van der Waals surface area contributed by atoms with Crippen LogP contribution in [0.5, 0.6) is 0 Å². The highest BCUT2D eigenvalue weighted by Crippen LogP contribution is 2.36. The summed E-state index contributed by atoms with van der Waals surface area (Å²) in [4.78, 5) is 27.3. The monoisotopic (exact) mass is 353 g/mol. The van der Waals surface area contributed by atoms with Gasteiger partial charge in [0.25, 0.3) is 5.91 Å².